The van der Waals surface area contributed by atoms with Crippen molar-refractivity contribution in [3.8, 4) is 11.5 Å². The monoisotopic (exact) mass is 214 g/mol. The molecule has 0 aliphatic carbocycles. The molecule has 1 aromatic carbocycles. The standard InChI is InChI=1S/C9H7ClO2S/c1-12-8-6-4-5(11)2-3-7(6)13-9(8)10/h2-4,11H,1H3. The lowest BCUT2D eigenvalue weighted by Gasteiger charge is -1.97. The Morgan fingerprint density at radius 2 is 2.23 bits per heavy atom. The van der Waals surface area contributed by atoms with Crippen molar-refractivity contribution < 1.29 is 9.84 Å². The van der Waals surface area contributed by atoms with E-state index < -0.39 is 0 Å². The molecule has 2 aromatic rings. The quantitative estimate of drug-likeness (QED) is 0.790. The third kappa shape index (κ3) is 1.34. The van der Waals surface area contributed by atoms with Gasteiger partial charge in [0.15, 0.2) is 5.75 Å². The zero-order chi connectivity index (χ0) is 9.42. The van der Waals surface area contributed by atoms with Crippen LogP contribution in [-0.2, 0) is 0 Å². The molecule has 0 amide bonds. The number of halogens is 1. The van der Waals surface area contributed by atoms with Crippen LogP contribution >= 0.6 is 22.9 Å². The molecule has 0 atom stereocenters. The number of hydrogen-bond donors (Lipinski definition) is 1. The van der Waals surface area contributed by atoms with Crippen molar-refractivity contribution in [1.29, 1.82) is 0 Å². The third-order valence-corrected chi connectivity index (χ3v) is 3.13. The highest BCUT2D eigenvalue weighted by molar-refractivity contribution is 7.23. The number of phenols is 1. The molecule has 4 heteroatoms. The molecule has 2 rings (SSSR count). The second-order valence-electron chi connectivity index (χ2n) is 2.59. The normalized spacial score (nSPS) is 10.6. The molecular weight excluding hydrogens is 208 g/mol. The van der Waals surface area contributed by atoms with Crippen LogP contribution in [0.5, 0.6) is 11.5 Å². The molecule has 0 saturated heterocycles. The summed E-state index contributed by atoms with van der Waals surface area (Å²) in [6.07, 6.45) is 0. The van der Waals surface area contributed by atoms with Crippen LogP contribution in [-0.4, -0.2) is 12.2 Å². The average Bonchev–Trinajstić information content (AvgIpc) is 2.40. The molecule has 1 N–H and O–H groups in total. The van der Waals surface area contributed by atoms with Gasteiger partial charge in [-0.2, -0.15) is 0 Å². The number of fused-ring (bicyclic) bond motifs is 1. The van der Waals surface area contributed by atoms with Gasteiger partial charge in [-0.25, -0.2) is 0 Å². The third-order valence-electron chi connectivity index (χ3n) is 1.79. The molecule has 13 heavy (non-hydrogen) atoms. The molecule has 0 spiro atoms. The van der Waals surface area contributed by atoms with Crippen molar-refractivity contribution in [3.05, 3.63) is 22.5 Å². The number of benzene rings is 1. The Balaban J connectivity index is 2.80. The van der Waals surface area contributed by atoms with Gasteiger partial charge < -0.3 is 9.84 Å². The summed E-state index contributed by atoms with van der Waals surface area (Å²) in [5, 5.41) is 10.1. The van der Waals surface area contributed by atoms with E-state index >= 15 is 0 Å². The van der Waals surface area contributed by atoms with Crippen LogP contribution in [0.15, 0.2) is 18.2 Å². The molecule has 68 valence electrons. The van der Waals surface area contributed by atoms with Crippen LogP contribution in [0.2, 0.25) is 4.34 Å². The Hall–Kier alpha value is -0.930. The van der Waals surface area contributed by atoms with Crippen molar-refractivity contribution in [1.82, 2.24) is 0 Å². The zero-order valence-corrected chi connectivity index (χ0v) is 8.45. The highest BCUT2D eigenvalue weighted by Gasteiger charge is 2.10. The van der Waals surface area contributed by atoms with E-state index in [1.54, 1.807) is 19.2 Å². The number of ether oxygens (including phenoxy) is 1. The summed E-state index contributed by atoms with van der Waals surface area (Å²) in [5.41, 5.74) is 0. The Morgan fingerprint density at radius 1 is 1.46 bits per heavy atom. The van der Waals surface area contributed by atoms with E-state index in [1.165, 1.54) is 11.3 Å². The van der Waals surface area contributed by atoms with E-state index in [0.717, 1.165) is 10.1 Å². The van der Waals surface area contributed by atoms with Crippen molar-refractivity contribution in [2.75, 3.05) is 7.11 Å². The fourth-order valence-corrected chi connectivity index (χ4v) is 2.53. The van der Waals surface area contributed by atoms with Crippen LogP contribution in [0.1, 0.15) is 0 Å². The molecule has 1 aromatic heterocycles. The summed E-state index contributed by atoms with van der Waals surface area (Å²) in [5.74, 6) is 0.859. The number of methoxy groups -OCH3 is 1. The lowest BCUT2D eigenvalue weighted by molar-refractivity contribution is 0.421. The van der Waals surface area contributed by atoms with Gasteiger partial charge >= 0.3 is 0 Å². The Kier molecular flexibility index (Phi) is 2.06. The van der Waals surface area contributed by atoms with Crippen LogP contribution in [0.4, 0.5) is 0 Å². The lowest BCUT2D eigenvalue weighted by Crippen LogP contribution is -1.79. The maximum Gasteiger partial charge on any atom is 0.156 e. The van der Waals surface area contributed by atoms with Gasteiger partial charge in [0, 0.05) is 10.1 Å². The number of thiophene rings is 1. The summed E-state index contributed by atoms with van der Waals surface area (Å²) in [4.78, 5) is 0. The van der Waals surface area contributed by atoms with Gasteiger partial charge in [0.2, 0.25) is 0 Å². The second-order valence-corrected chi connectivity index (χ2v) is 4.24. The Labute approximate surface area is 84.3 Å². The molecule has 0 aliphatic heterocycles. The van der Waals surface area contributed by atoms with E-state index in [4.69, 9.17) is 16.3 Å². The van der Waals surface area contributed by atoms with E-state index in [2.05, 4.69) is 0 Å². The topological polar surface area (TPSA) is 29.5 Å². The van der Waals surface area contributed by atoms with E-state index in [1.807, 2.05) is 6.07 Å². The fraction of sp³-hybridized carbons (Fsp3) is 0.111. The number of aromatic hydroxyl groups is 1. The SMILES string of the molecule is COc1c(Cl)sc2ccc(O)cc12. The molecule has 0 unspecified atom stereocenters. The molecular formula is C9H7ClO2S. The van der Waals surface area contributed by atoms with Crippen LogP contribution in [0, 0.1) is 0 Å². The van der Waals surface area contributed by atoms with Gasteiger partial charge in [0.05, 0.1) is 7.11 Å². The molecule has 1 heterocycles. The summed E-state index contributed by atoms with van der Waals surface area (Å²) in [7, 11) is 1.57. The van der Waals surface area contributed by atoms with Crippen LogP contribution < -0.4 is 4.74 Å². The summed E-state index contributed by atoms with van der Waals surface area (Å²) >= 11 is 7.37. The Bertz CT molecular complexity index is 450. The van der Waals surface area contributed by atoms with Crippen molar-refractivity contribution >= 4 is 33.0 Å². The first kappa shape index (κ1) is 8.66. The maximum atomic E-state index is 9.27. The number of rotatable bonds is 1. The lowest BCUT2D eigenvalue weighted by atomic mass is 10.2. The predicted molar refractivity (Wildman–Crippen MR) is 55.1 cm³/mol. The fourth-order valence-electron chi connectivity index (χ4n) is 1.22. The molecule has 0 bridgehead atoms. The van der Waals surface area contributed by atoms with Gasteiger partial charge in [-0.3, -0.25) is 0 Å². The van der Waals surface area contributed by atoms with Gasteiger partial charge in [-0.15, -0.1) is 11.3 Å². The minimum Gasteiger partial charge on any atom is -0.508 e. The largest absolute Gasteiger partial charge is 0.508 e. The summed E-state index contributed by atoms with van der Waals surface area (Å²) in [6.45, 7) is 0. The summed E-state index contributed by atoms with van der Waals surface area (Å²) in [6, 6.07) is 5.11. The minimum atomic E-state index is 0.222. The first-order chi connectivity index (χ1) is 6.22. The number of hydrogen-bond acceptors (Lipinski definition) is 3. The smallest absolute Gasteiger partial charge is 0.156 e. The van der Waals surface area contributed by atoms with Gasteiger partial charge in [-0.05, 0) is 18.2 Å². The second kappa shape index (κ2) is 3.09. The summed E-state index contributed by atoms with van der Waals surface area (Å²) < 4.78 is 6.75. The zero-order valence-electron chi connectivity index (χ0n) is 6.87. The molecule has 0 fully saturated rings. The first-order valence-electron chi connectivity index (χ1n) is 3.67. The molecule has 2 nitrogen and oxygen atoms in total. The highest BCUT2D eigenvalue weighted by atomic mass is 35.5. The highest BCUT2D eigenvalue weighted by Crippen LogP contribution is 2.42. The van der Waals surface area contributed by atoms with Gasteiger partial charge in [0.25, 0.3) is 0 Å². The molecule has 0 radical (unpaired) electrons. The van der Waals surface area contributed by atoms with Gasteiger partial charge in [0.1, 0.15) is 10.1 Å². The Morgan fingerprint density at radius 3 is 2.92 bits per heavy atom. The van der Waals surface area contributed by atoms with E-state index in [9.17, 15) is 5.11 Å². The van der Waals surface area contributed by atoms with Crippen molar-refractivity contribution in [2.45, 2.75) is 0 Å². The molecule has 0 saturated carbocycles. The minimum absolute atomic E-state index is 0.222. The van der Waals surface area contributed by atoms with Crippen molar-refractivity contribution in [3.63, 3.8) is 0 Å². The van der Waals surface area contributed by atoms with Crippen LogP contribution in [0.25, 0.3) is 10.1 Å². The van der Waals surface area contributed by atoms with Gasteiger partial charge in [-0.1, -0.05) is 11.6 Å². The maximum absolute atomic E-state index is 9.27. The van der Waals surface area contributed by atoms with Crippen molar-refractivity contribution in [2.24, 2.45) is 0 Å². The van der Waals surface area contributed by atoms with Crippen LogP contribution in [0.3, 0.4) is 0 Å². The predicted octanol–water partition coefficient (Wildman–Crippen LogP) is 3.27. The number of phenolic OH excluding ortho intramolecular Hbond substituents is 1. The first-order valence-corrected chi connectivity index (χ1v) is 4.87. The average molecular weight is 215 g/mol. The van der Waals surface area contributed by atoms with E-state index in [-0.39, 0.29) is 5.75 Å². The van der Waals surface area contributed by atoms with E-state index in [0.29, 0.717) is 10.1 Å². The molecule has 0 aliphatic rings.